The first kappa shape index (κ1) is 23.3. The first-order valence-corrected chi connectivity index (χ1v) is 11.4. The van der Waals surface area contributed by atoms with Crippen molar-refractivity contribution < 1.29 is 56.3 Å². The van der Waals surface area contributed by atoms with Crippen molar-refractivity contribution >= 4 is 29.3 Å². The maximum Gasteiger partial charge on any atom is 0.351 e. The van der Waals surface area contributed by atoms with E-state index in [2.05, 4.69) is 18.1 Å². The van der Waals surface area contributed by atoms with Gasteiger partial charge in [0.05, 0.1) is 7.82 Å². The zero-order valence-corrected chi connectivity index (χ0v) is 16.4. The zero-order valence-electron chi connectivity index (χ0n) is 13.7. The van der Waals surface area contributed by atoms with Gasteiger partial charge in [-0.3, -0.25) is 22.5 Å². The molecule has 1 saturated heterocycles. The molecule has 2 heterocycles. The smallest absolute Gasteiger partial charge is 0.351 e. The number of ether oxygens (including phenoxy) is 1. The van der Waals surface area contributed by atoms with Gasteiger partial charge in [0.2, 0.25) is 0 Å². The van der Waals surface area contributed by atoms with Crippen LogP contribution in [0, 0.1) is 6.92 Å². The van der Waals surface area contributed by atoms with Crippen LogP contribution in [0.5, 0.6) is 0 Å². The number of aromatic nitrogens is 2. The maximum absolute atomic E-state index is 11.8. The van der Waals surface area contributed by atoms with Gasteiger partial charge < -0.3 is 39.7 Å². The Balaban J connectivity index is 2.12. The molecule has 1 aliphatic rings. The molecule has 0 aliphatic carbocycles. The summed E-state index contributed by atoms with van der Waals surface area (Å²) >= 11 is 0. The highest BCUT2D eigenvalue weighted by Gasteiger charge is 2.39. The van der Waals surface area contributed by atoms with Crippen molar-refractivity contribution in [2.24, 2.45) is 0 Å². The quantitative estimate of drug-likeness (QED) is 0.372. The molecule has 1 aliphatic heterocycles. The van der Waals surface area contributed by atoms with Gasteiger partial charge >= 0.3 is 5.69 Å². The minimum absolute atomic E-state index is 0.0645. The number of nitrogens with zero attached hydrogens (tertiary/aromatic N) is 2. The first-order chi connectivity index (χ1) is 12.6. The average Bonchev–Trinajstić information content (AvgIpc) is 2.78. The van der Waals surface area contributed by atoms with E-state index in [0.29, 0.717) is 5.56 Å². The molecular weight excluding hydrogens is 451 g/mol. The van der Waals surface area contributed by atoms with Crippen molar-refractivity contribution in [1.82, 2.24) is 9.55 Å². The maximum atomic E-state index is 11.8. The molecule has 28 heavy (non-hydrogen) atoms. The third kappa shape index (κ3) is 6.26. The number of nitrogen functional groups attached to an aromatic ring is 1. The summed E-state index contributed by atoms with van der Waals surface area (Å²) in [7, 11) is -18.2. The van der Waals surface area contributed by atoms with E-state index in [1.807, 2.05) is 0 Å². The molecule has 0 radical (unpaired) electrons. The molecule has 1 aromatic heterocycles. The molecule has 0 saturated carbocycles. The molecule has 16 nitrogen and oxygen atoms in total. The summed E-state index contributed by atoms with van der Waals surface area (Å²) in [4.78, 5) is 58.6. The van der Waals surface area contributed by atoms with Crippen LogP contribution >= 0.6 is 23.5 Å². The van der Waals surface area contributed by atoms with Gasteiger partial charge in [-0.05, 0) is 6.92 Å². The highest BCUT2D eigenvalue weighted by molar-refractivity contribution is 7.64. The molecule has 0 spiro atoms. The van der Waals surface area contributed by atoms with Crippen molar-refractivity contribution in [1.29, 1.82) is 0 Å². The molecule has 0 aromatic carbocycles. The summed E-state index contributed by atoms with van der Waals surface area (Å²) in [6.07, 6.45) is -4.14. The van der Waals surface area contributed by atoms with Gasteiger partial charge in [-0.1, -0.05) is 0 Å². The van der Waals surface area contributed by atoms with E-state index in [1.54, 1.807) is 0 Å². The number of phosphoric ester groups is 1. The van der Waals surface area contributed by atoms with Crippen molar-refractivity contribution in [2.75, 3.05) is 5.73 Å². The Morgan fingerprint density at radius 3 is 2.43 bits per heavy atom. The molecule has 160 valence electrons. The largest absolute Gasteiger partial charge is 0.790 e. The van der Waals surface area contributed by atoms with Gasteiger partial charge in [-0.25, -0.2) is 9.11 Å². The van der Waals surface area contributed by atoms with Crippen molar-refractivity contribution in [3.8, 4) is 0 Å². The van der Waals surface area contributed by atoms with Gasteiger partial charge in [-0.15, -0.1) is 0 Å². The number of nitrogens with two attached hydrogens (primary N) is 1. The molecule has 0 amide bonds. The van der Waals surface area contributed by atoms with Gasteiger partial charge in [0.15, 0.2) is 6.29 Å². The number of phosphoric acid groups is 3. The Hall–Kier alpha value is -0.990. The van der Waals surface area contributed by atoms with Gasteiger partial charge in [-0.2, -0.15) is 4.98 Å². The van der Waals surface area contributed by atoms with Crippen LogP contribution in [0.3, 0.4) is 0 Å². The molecule has 2 rings (SSSR count). The van der Waals surface area contributed by atoms with Gasteiger partial charge in [0.25, 0.3) is 15.6 Å². The second-order valence-electron chi connectivity index (χ2n) is 5.37. The Bertz CT molecular complexity index is 943. The molecule has 5 unspecified atom stereocenters. The minimum Gasteiger partial charge on any atom is -0.790 e. The lowest BCUT2D eigenvalue weighted by Crippen LogP contribution is -2.29. The summed E-state index contributed by atoms with van der Waals surface area (Å²) in [6, 6.07) is 0. The SMILES string of the molecule is Cc1cn(C2CC(O)C(OP(=O)([O-])OP(=O)([O-])OP(=O)([O-])[O-])O2)c(=O)nc1N. The Morgan fingerprint density at radius 2 is 1.86 bits per heavy atom. The fourth-order valence-electron chi connectivity index (χ4n) is 2.08. The highest BCUT2D eigenvalue weighted by atomic mass is 31.3. The summed E-state index contributed by atoms with van der Waals surface area (Å²) in [5, 5.41) is 9.83. The standard InChI is InChI=1S/C9H16N3O13P3/c1-4-3-12(9(14)11-7(4)10)6-2-5(13)8(22-6)23-27(18,19)25-28(20,21)24-26(15,16)17/h3,5-6,8,13H,2H2,1H3,(H,18,19)(H,20,21)(H2,10,11,14)(H2,15,16,17)/p-4. The molecule has 3 N–H and O–H groups in total. The summed E-state index contributed by atoms with van der Waals surface area (Å²) in [5.41, 5.74) is 4.94. The predicted octanol–water partition coefficient (Wildman–Crippen LogP) is -3.44. The van der Waals surface area contributed by atoms with Crippen molar-refractivity contribution in [3.05, 3.63) is 22.2 Å². The van der Waals surface area contributed by atoms with Crippen LogP contribution < -0.4 is 31.0 Å². The second-order valence-corrected chi connectivity index (χ2v) is 9.57. The number of aryl methyl sites for hydroxylation is 1. The Morgan fingerprint density at radius 1 is 1.25 bits per heavy atom. The first-order valence-electron chi connectivity index (χ1n) is 7.02. The van der Waals surface area contributed by atoms with E-state index in [4.69, 9.17) is 10.5 Å². The number of anilines is 1. The van der Waals surface area contributed by atoms with E-state index in [1.165, 1.54) is 13.1 Å². The van der Waals surface area contributed by atoms with Crippen LogP contribution in [-0.2, 0) is 31.6 Å². The molecular formula is C9H12N3O13P3-4. The molecule has 1 fully saturated rings. The zero-order chi connectivity index (χ0) is 21.5. The van der Waals surface area contributed by atoms with E-state index < -0.39 is 47.8 Å². The van der Waals surface area contributed by atoms with Crippen LogP contribution in [0.4, 0.5) is 5.82 Å². The summed E-state index contributed by atoms with van der Waals surface area (Å²) in [6.45, 7) is 1.51. The fraction of sp³-hybridized carbons (Fsp3) is 0.556. The van der Waals surface area contributed by atoms with Crippen LogP contribution in [0.15, 0.2) is 11.0 Å². The molecule has 5 atom stereocenters. The van der Waals surface area contributed by atoms with Gasteiger partial charge in [0.1, 0.15) is 18.1 Å². The van der Waals surface area contributed by atoms with E-state index in [-0.39, 0.29) is 12.2 Å². The number of rotatable bonds is 7. The fourth-order valence-corrected chi connectivity index (χ4v) is 5.03. The Kier molecular flexibility index (Phi) is 6.68. The monoisotopic (exact) mass is 463 g/mol. The Labute approximate surface area is 155 Å². The highest BCUT2D eigenvalue weighted by Crippen LogP contribution is 2.61. The summed E-state index contributed by atoms with van der Waals surface area (Å²) in [5.74, 6) is -0.0645. The van der Waals surface area contributed by atoms with Crippen LogP contribution in [0.2, 0.25) is 0 Å². The number of hydrogen-bond donors (Lipinski definition) is 2. The lowest BCUT2D eigenvalue weighted by Gasteiger charge is -2.38. The summed E-state index contributed by atoms with van der Waals surface area (Å²) < 4.78 is 49.5. The van der Waals surface area contributed by atoms with Crippen LogP contribution in [0.1, 0.15) is 18.2 Å². The second kappa shape index (κ2) is 8.03. The van der Waals surface area contributed by atoms with Gasteiger partial charge in [0, 0.05) is 18.2 Å². The minimum atomic E-state index is -6.16. The normalized spacial score (nSPS) is 27.3. The average molecular weight is 463 g/mol. The lowest BCUT2D eigenvalue weighted by molar-refractivity contribution is -0.339. The van der Waals surface area contributed by atoms with E-state index in [9.17, 15) is 43.2 Å². The van der Waals surface area contributed by atoms with Crippen molar-refractivity contribution in [3.63, 3.8) is 0 Å². The number of aliphatic hydroxyl groups is 1. The van der Waals surface area contributed by atoms with Crippen molar-refractivity contribution in [2.45, 2.75) is 32.0 Å². The third-order valence-corrected chi connectivity index (χ3v) is 6.83. The van der Waals surface area contributed by atoms with Crippen LogP contribution in [0.25, 0.3) is 0 Å². The number of hydrogen-bond acceptors (Lipinski definition) is 15. The predicted molar refractivity (Wildman–Crippen MR) is 78.3 cm³/mol. The molecule has 0 bridgehead atoms. The topological polar surface area (TPSA) is 262 Å². The van der Waals surface area contributed by atoms with Crippen LogP contribution in [-0.4, -0.2) is 27.1 Å². The van der Waals surface area contributed by atoms with E-state index >= 15 is 0 Å². The van der Waals surface area contributed by atoms with E-state index in [0.717, 1.165) is 4.57 Å². The lowest BCUT2D eigenvalue weighted by atomic mass is 10.2. The number of aliphatic hydroxyl groups excluding tert-OH is 1. The molecule has 19 heteroatoms. The third-order valence-electron chi connectivity index (χ3n) is 3.17. The molecule has 1 aromatic rings.